The number of ether oxygens (including phenoxy) is 2. The van der Waals surface area contributed by atoms with E-state index in [2.05, 4.69) is 27.6 Å². The van der Waals surface area contributed by atoms with Crippen molar-refractivity contribution in [2.24, 2.45) is 5.92 Å². The maximum absolute atomic E-state index is 14.1. The van der Waals surface area contributed by atoms with Gasteiger partial charge < -0.3 is 24.1 Å². The summed E-state index contributed by atoms with van der Waals surface area (Å²) in [5.74, 6) is 3.12. The van der Waals surface area contributed by atoms with Crippen LogP contribution >= 0.6 is 11.3 Å². The van der Waals surface area contributed by atoms with Gasteiger partial charge in [0.2, 0.25) is 11.8 Å². The van der Waals surface area contributed by atoms with Crippen LogP contribution in [0.1, 0.15) is 71.3 Å². The fourth-order valence-corrected chi connectivity index (χ4v) is 8.34. The Morgan fingerprint density at radius 3 is 2.80 bits per heavy atom. The van der Waals surface area contributed by atoms with Crippen molar-refractivity contribution in [3.05, 3.63) is 71.0 Å². The van der Waals surface area contributed by atoms with Gasteiger partial charge in [-0.15, -0.1) is 21.5 Å². The first-order valence-electron chi connectivity index (χ1n) is 16.1. The van der Waals surface area contributed by atoms with E-state index in [1.54, 1.807) is 25.4 Å². The number of thiophene rings is 1. The number of benzene rings is 1. The zero-order valence-corrected chi connectivity index (χ0v) is 26.9. The van der Waals surface area contributed by atoms with Crippen molar-refractivity contribution in [3.8, 4) is 27.6 Å². The predicted molar refractivity (Wildman–Crippen MR) is 176 cm³/mol. The van der Waals surface area contributed by atoms with E-state index in [4.69, 9.17) is 23.9 Å². The van der Waals surface area contributed by atoms with Gasteiger partial charge in [-0.2, -0.15) is 0 Å². The van der Waals surface area contributed by atoms with Crippen molar-refractivity contribution in [1.82, 2.24) is 25.1 Å². The van der Waals surface area contributed by atoms with Crippen LogP contribution in [0.25, 0.3) is 32.0 Å². The van der Waals surface area contributed by atoms with Crippen LogP contribution in [-0.2, 0) is 17.7 Å². The molecule has 4 aromatic heterocycles. The second-order valence-electron chi connectivity index (χ2n) is 12.3. The van der Waals surface area contributed by atoms with Gasteiger partial charge in [-0.3, -0.25) is 9.78 Å². The molecule has 0 bridgehead atoms. The number of aryl methyl sites for hydroxylation is 2. The quantitative estimate of drug-likeness (QED) is 0.183. The monoisotopic (exact) mass is 636 g/mol. The molecule has 1 N–H and O–H groups in total. The normalized spacial score (nSPS) is 17.9. The van der Waals surface area contributed by atoms with E-state index >= 15 is 0 Å². The molecule has 0 radical (unpaired) electrons. The summed E-state index contributed by atoms with van der Waals surface area (Å²) >= 11 is 1.63. The smallest absolute Gasteiger partial charge is 0.257 e. The highest BCUT2D eigenvalue weighted by Gasteiger charge is 2.45. The summed E-state index contributed by atoms with van der Waals surface area (Å²) in [5.41, 5.74) is 5.23. The minimum Gasteiger partial charge on any atom is -0.497 e. The van der Waals surface area contributed by atoms with Crippen LogP contribution in [0.5, 0.6) is 5.75 Å². The molecule has 11 heteroatoms. The number of hydrogen-bond donors (Lipinski definition) is 1. The third-order valence-electron chi connectivity index (χ3n) is 9.49. The molecule has 236 valence electrons. The summed E-state index contributed by atoms with van der Waals surface area (Å²) in [6.07, 6.45) is 7.61. The fraction of sp³-hybridized carbons (Fsp3) is 0.400. The van der Waals surface area contributed by atoms with Crippen LogP contribution in [0.3, 0.4) is 0 Å². The minimum absolute atomic E-state index is 0.0117. The zero-order chi connectivity index (χ0) is 31.2. The highest BCUT2D eigenvalue weighted by atomic mass is 32.1. The van der Waals surface area contributed by atoms with Gasteiger partial charge in [0.15, 0.2) is 0 Å². The summed E-state index contributed by atoms with van der Waals surface area (Å²) in [7, 11) is 1.67. The number of rotatable bonds is 9. The zero-order valence-electron chi connectivity index (χ0n) is 26.0. The Hall–Kier alpha value is -4.35. The molecular formula is C35H36N6O4S. The number of anilines is 1. The van der Waals surface area contributed by atoms with Gasteiger partial charge in [-0.25, -0.2) is 4.98 Å². The first-order valence-corrected chi connectivity index (χ1v) is 16.9. The molecule has 1 amide bonds. The van der Waals surface area contributed by atoms with E-state index in [1.165, 1.54) is 0 Å². The van der Waals surface area contributed by atoms with Crippen LogP contribution in [0.15, 0.2) is 47.0 Å². The number of nitrogens with zero attached hydrogens (tertiary/aromatic N) is 5. The van der Waals surface area contributed by atoms with Gasteiger partial charge in [0.05, 0.1) is 40.4 Å². The Balaban J connectivity index is 1.26. The fourth-order valence-electron chi connectivity index (χ4n) is 7.16. The SMILES string of the molecule is COc1cccc(CNc2nccc3cc(-c4c5c(nc(CCC6CCOCC6)c4-c4nnc(C)o4)[C@H]4CCCN4C5=O)sc23)c1. The van der Waals surface area contributed by atoms with E-state index in [1.807, 2.05) is 35.4 Å². The third kappa shape index (κ3) is 5.21. The molecule has 0 spiro atoms. The van der Waals surface area contributed by atoms with Crippen molar-refractivity contribution >= 4 is 33.1 Å². The minimum atomic E-state index is 0.0117. The Bertz CT molecular complexity index is 1930. The molecule has 2 saturated heterocycles. The van der Waals surface area contributed by atoms with Crippen LogP contribution in [0.4, 0.5) is 5.82 Å². The molecule has 0 saturated carbocycles. The lowest BCUT2D eigenvalue weighted by Crippen LogP contribution is -2.22. The number of pyridine rings is 2. The molecule has 8 rings (SSSR count). The molecule has 3 aliphatic rings. The van der Waals surface area contributed by atoms with Crippen molar-refractivity contribution in [1.29, 1.82) is 0 Å². The number of hydrogen-bond acceptors (Lipinski definition) is 10. The molecule has 5 aromatic rings. The maximum atomic E-state index is 14.1. The van der Waals surface area contributed by atoms with Gasteiger partial charge in [0.1, 0.15) is 11.6 Å². The van der Waals surface area contributed by atoms with Gasteiger partial charge in [0, 0.05) is 49.9 Å². The third-order valence-corrected chi connectivity index (χ3v) is 10.7. The molecule has 0 unspecified atom stereocenters. The summed E-state index contributed by atoms with van der Waals surface area (Å²) in [6.45, 7) is 4.75. The van der Waals surface area contributed by atoms with E-state index in [0.29, 0.717) is 29.8 Å². The van der Waals surface area contributed by atoms with Gasteiger partial charge in [-0.05, 0) is 79.7 Å². The Labute approximate surface area is 271 Å². The predicted octanol–water partition coefficient (Wildman–Crippen LogP) is 6.99. The lowest BCUT2D eigenvalue weighted by atomic mass is 9.90. The Morgan fingerprint density at radius 1 is 1.09 bits per heavy atom. The average Bonchev–Trinajstić information content (AvgIpc) is 3.89. The number of nitrogens with one attached hydrogen (secondary N) is 1. The number of methoxy groups -OCH3 is 1. The molecule has 0 aliphatic carbocycles. The van der Waals surface area contributed by atoms with E-state index in [0.717, 1.165) is 113 Å². The summed E-state index contributed by atoms with van der Waals surface area (Å²) in [5, 5.41) is 13.3. The van der Waals surface area contributed by atoms with E-state index in [-0.39, 0.29) is 11.9 Å². The molecule has 10 nitrogen and oxygen atoms in total. The van der Waals surface area contributed by atoms with Crippen molar-refractivity contribution in [2.75, 3.05) is 32.2 Å². The van der Waals surface area contributed by atoms with E-state index in [9.17, 15) is 4.79 Å². The van der Waals surface area contributed by atoms with Crippen LogP contribution < -0.4 is 10.1 Å². The maximum Gasteiger partial charge on any atom is 0.257 e. The highest BCUT2D eigenvalue weighted by Crippen LogP contribution is 2.50. The van der Waals surface area contributed by atoms with Crippen molar-refractivity contribution < 1.29 is 18.7 Å². The largest absolute Gasteiger partial charge is 0.497 e. The second kappa shape index (κ2) is 12.1. The Morgan fingerprint density at radius 2 is 1.98 bits per heavy atom. The molecule has 1 atom stereocenters. The number of carbonyl (C=O) groups is 1. The molecule has 7 heterocycles. The van der Waals surface area contributed by atoms with Crippen LogP contribution in [0.2, 0.25) is 0 Å². The standard InChI is InChI=1S/C35H36N6O4S/c1-20-39-40-34(45-20)28-25(9-8-21-11-15-44-16-12-21)38-31-26-7-4-14-41(26)35(42)30(31)29(28)27-18-23-10-13-36-33(32(23)46-27)37-19-22-5-3-6-24(17-22)43-2/h3,5-6,10,13,17-18,21,26H,4,7-9,11-12,14-16,19H2,1-2H3,(H,36,37)/t26-/m1/s1. The van der Waals surface area contributed by atoms with E-state index < -0.39 is 0 Å². The summed E-state index contributed by atoms with van der Waals surface area (Å²) < 4.78 is 18.2. The van der Waals surface area contributed by atoms with Gasteiger partial charge in [0.25, 0.3) is 5.91 Å². The molecule has 2 fully saturated rings. The molecule has 46 heavy (non-hydrogen) atoms. The first kappa shape index (κ1) is 29.1. The highest BCUT2D eigenvalue weighted by molar-refractivity contribution is 7.23. The Kier molecular flexibility index (Phi) is 7.65. The summed E-state index contributed by atoms with van der Waals surface area (Å²) in [4.78, 5) is 27.1. The number of fused-ring (bicyclic) bond motifs is 4. The van der Waals surface area contributed by atoms with Gasteiger partial charge >= 0.3 is 0 Å². The van der Waals surface area contributed by atoms with Crippen molar-refractivity contribution in [3.63, 3.8) is 0 Å². The average molecular weight is 637 g/mol. The van der Waals surface area contributed by atoms with Crippen LogP contribution in [-0.4, -0.2) is 57.8 Å². The molecule has 1 aromatic carbocycles. The number of amides is 1. The lowest BCUT2D eigenvalue weighted by Gasteiger charge is -2.22. The number of aromatic nitrogens is 4. The van der Waals surface area contributed by atoms with Gasteiger partial charge in [-0.1, -0.05) is 12.1 Å². The molecule has 3 aliphatic heterocycles. The lowest BCUT2D eigenvalue weighted by molar-refractivity contribution is 0.0639. The van der Waals surface area contributed by atoms with Crippen molar-refractivity contribution in [2.45, 2.75) is 58.0 Å². The second-order valence-corrected chi connectivity index (χ2v) is 13.4. The molecular weight excluding hydrogens is 600 g/mol. The first-order chi connectivity index (χ1) is 22.6. The topological polar surface area (TPSA) is 116 Å². The number of carbonyl (C=O) groups excluding carboxylic acids is 1. The summed E-state index contributed by atoms with van der Waals surface area (Å²) in [6, 6.07) is 12.2. The van der Waals surface area contributed by atoms with Crippen LogP contribution in [0, 0.1) is 12.8 Å².